The fraction of sp³-hybridized carbons (Fsp3) is 0.450. The lowest BCUT2D eigenvalue weighted by Gasteiger charge is -2.24. The zero-order valence-corrected chi connectivity index (χ0v) is 17.0. The van der Waals surface area contributed by atoms with Gasteiger partial charge in [-0.1, -0.05) is 5.16 Å². The number of aromatic nitrogens is 1. The second kappa shape index (κ2) is 7.80. The molecule has 0 spiro atoms. The van der Waals surface area contributed by atoms with E-state index in [1.54, 1.807) is 4.90 Å². The van der Waals surface area contributed by atoms with Gasteiger partial charge in [0.25, 0.3) is 0 Å². The van der Waals surface area contributed by atoms with Crippen molar-refractivity contribution in [2.24, 2.45) is 16.8 Å². The van der Waals surface area contributed by atoms with Gasteiger partial charge in [0, 0.05) is 31.6 Å². The molecule has 2 aliphatic rings. The number of hydrogen-bond donors (Lipinski definition) is 2. The molecule has 1 aromatic heterocycles. The van der Waals surface area contributed by atoms with Gasteiger partial charge in [0.1, 0.15) is 24.5 Å². The van der Waals surface area contributed by atoms with Crippen molar-refractivity contribution in [2.75, 3.05) is 38.8 Å². The summed E-state index contributed by atoms with van der Waals surface area (Å²) in [6, 6.07) is 0.325. The molecule has 11 heteroatoms. The summed E-state index contributed by atoms with van der Waals surface area (Å²) < 4.78 is 36.1. The maximum Gasteiger partial charge on any atom is 0.341 e. The zero-order valence-electron chi connectivity index (χ0n) is 17.0. The minimum atomic E-state index is -1.47. The lowest BCUT2D eigenvalue weighted by atomic mass is 10.1. The van der Waals surface area contributed by atoms with Crippen LogP contribution >= 0.6 is 0 Å². The van der Waals surface area contributed by atoms with E-state index >= 15 is 4.39 Å². The number of hydrogen-bond acceptors (Lipinski definition) is 7. The number of pyridine rings is 1. The van der Waals surface area contributed by atoms with Crippen LogP contribution in [0.25, 0.3) is 10.9 Å². The summed E-state index contributed by atoms with van der Waals surface area (Å²) in [5.74, 6) is -2.38. The van der Waals surface area contributed by atoms with Crippen LogP contribution in [0.1, 0.15) is 22.8 Å². The lowest BCUT2D eigenvalue weighted by Crippen LogP contribution is -2.25. The molecule has 1 saturated heterocycles. The van der Waals surface area contributed by atoms with Crippen molar-refractivity contribution in [1.29, 1.82) is 0 Å². The van der Waals surface area contributed by atoms with Gasteiger partial charge in [-0.15, -0.1) is 0 Å². The van der Waals surface area contributed by atoms with E-state index in [1.807, 2.05) is 0 Å². The Kier molecular flexibility index (Phi) is 5.29. The topological polar surface area (TPSA) is 119 Å². The molecule has 0 amide bonds. The molecule has 1 aromatic carbocycles. The summed E-state index contributed by atoms with van der Waals surface area (Å²) in [7, 11) is 2.72. The number of rotatable bonds is 6. The van der Waals surface area contributed by atoms with Crippen LogP contribution in [0.5, 0.6) is 5.75 Å². The Balaban J connectivity index is 1.98. The number of alkyl halides is 1. The Hall–Kier alpha value is -3.21. The van der Waals surface area contributed by atoms with Crippen LogP contribution in [0.15, 0.2) is 22.2 Å². The number of benzene rings is 1. The number of nitrogens with zero attached hydrogens (tertiary/aromatic N) is 3. The van der Waals surface area contributed by atoms with Gasteiger partial charge in [-0.05, 0) is 6.07 Å². The molecule has 2 heterocycles. The van der Waals surface area contributed by atoms with Crippen molar-refractivity contribution in [3.63, 3.8) is 0 Å². The Morgan fingerprint density at radius 1 is 1.42 bits per heavy atom. The fourth-order valence-electron chi connectivity index (χ4n) is 4.15. The number of carboxylic acid groups (broad SMARTS) is 1. The monoisotopic (exact) mass is 436 g/mol. The first-order chi connectivity index (χ1) is 14.8. The number of carboxylic acids is 1. The molecule has 9 nitrogen and oxygen atoms in total. The van der Waals surface area contributed by atoms with E-state index in [0.29, 0.717) is 12.3 Å². The van der Waals surface area contributed by atoms with Gasteiger partial charge in [0.05, 0.1) is 36.3 Å². The van der Waals surface area contributed by atoms with Gasteiger partial charge < -0.3 is 29.9 Å². The zero-order chi connectivity index (χ0) is 22.4. The van der Waals surface area contributed by atoms with E-state index in [0.717, 1.165) is 12.3 Å². The maximum absolute atomic E-state index is 15.3. The third-order valence-corrected chi connectivity index (χ3v) is 5.75. The van der Waals surface area contributed by atoms with Crippen molar-refractivity contribution < 1.29 is 28.3 Å². The first-order valence-corrected chi connectivity index (χ1v) is 9.69. The Bertz CT molecular complexity index is 1150. The molecule has 1 aliphatic heterocycles. The smallest absolute Gasteiger partial charge is 0.341 e. The van der Waals surface area contributed by atoms with Gasteiger partial charge in [-0.2, -0.15) is 0 Å². The summed E-state index contributed by atoms with van der Waals surface area (Å²) in [5.41, 5.74) is 5.26. The van der Waals surface area contributed by atoms with E-state index in [4.69, 9.17) is 15.3 Å². The molecule has 0 radical (unpaired) electrons. The molecular formula is C20H22F2N4O5. The number of halogens is 2. The molecule has 3 atom stereocenters. The highest BCUT2D eigenvalue weighted by Gasteiger charge is 2.41. The van der Waals surface area contributed by atoms with Crippen molar-refractivity contribution in [1.82, 2.24) is 4.57 Å². The molecule has 0 bridgehead atoms. The second-order valence-electron chi connectivity index (χ2n) is 7.62. The highest BCUT2D eigenvalue weighted by atomic mass is 19.1. The number of fused-ring (bicyclic) bond motifs is 1. The number of nitrogens with two attached hydrogens (primary N) is 1. The van der Waals surface area contributed by atoms with E-state index < -0.39 is 35.0 Å². The van der Waals surface area contributed by atoms with Crippen LogP contribution < -0.4 is 20.8 Å². The van der Waals surface area contributed by atoms with E-state index in [9.17, 15) is 19.1 Å². The minimum Gasteiger partial charge on any atom is -0.492 e. The normalized spacial score (nSPS) is 24.1. The van der Waals surface area contributed by atoms with E-state index in [1.165, 1.54) is 18.8 Å². The van der Waals surface area contributed by atoms with Crippen LogP contribution in [-0.4, -0.2) is 61.4 Å². The molecule has 1 unspecified atom stereocenters. The van der Waals surface area contributed by atoms with Crippen molar-refractivity contribution in [3.8, 4) is 5.75 Å². The van der Waals surface area contributed by atoms with Crippen molar-refractivity contribution in [3.05, 3.63) is 33.9 Å². The summed E-state index contributed by atoms with van der Waals surface area (Å²) >= 11 is 0. The minimum absolute atomic E-state index is 0.0255. The number of oxime groups is 1. The highest BCUT2D eigenvalue weighted by molar-refractivity contribution is 5.99. The molecular weight excluding hydrogens is 414 g/mol. The largest absolute Gasteiger partial charge is 0.492 e. The number of ether oxygens (including phenoxy) is 1. The summed E-state index contributed by atoms with van der Waals surface area (Å²) in [4.78, 5) is 30.8. The van der Waals surface area contributed by atoms with Gasteiger partial charge in [-0.3, -0.25) is 4.79 Å². The molecule has 1 saturated carbocycles. The van der Waals surface area contributed by atoms with Gasteiger partial charge >= 0.3 is 5.97 Å². The Morgan fingerprint density at radius 3 is 2.68 bits per heavy atom. The quantitative estimate of drug-likeness (QED) is 0.659. The first-order valence-electron chi connectivity index (χ1n) is 9.69. The Labute approximate surface area is 175 Å². The molecule has 2 fully saturated rings. The molecule has 4 rings (SSSR count). The van der Waals surface area contributed by atoms with Crippen LogP contribution in [0.4, 0.5) is 14.5 Å². The lowest BCUT2D eigenvalue weighted by molar-refractivity contribution is 0.0694. The molecule has 166 valence electrons. The molecule has 31 heavy (non-hydrogen) atoms. The predicted octanol–water partition coefficient (Wildman–Crippen LogP) is 1.53. The average Bonchev–Trinajstić information content (AvgIpc) is 3.32. The second-order valence-corrected chi connectivity index (χ2v) is 7.62. The summed E-state index contributed by atoms with van der Waals surface area (Å²) in [5, 5.41) is 13.2. The van der Waals surface area contributed by atoms with Gasteiger partial charge in [0.2, 0.25) is 5.43 Å². The molecule has 2 aromatic rings. The standard InChI is InChI=1S/C20H22F2N4O5/c1-30-19-16-10(18(27)11(20(28)29)7-26(16)15-4-12(15)21)3-13(22)17(19)25-6-9(5-23)14(8-25)24-31-2/h3,7,9,12,15H,4-6,8,23H2,1-2H3,(H,28,29)/b24-14-/t9?,12-,15+/m0/s1. The van der Waals surface area contributed by atoms with E-state index in [-0.39, 0.29) is 47.8 Å². The van der Waals surface area contributed by atoms with Crippen molar-refractivity contribution in [2.45, 2.75) is 18.6 Å². The van der Waals surface area contributed by atoms with Crippen LogP contribution in [-0.2, 0) is 4.84 Å². The number of aromatic carboxylic acids is 1. The highest BCUT2D eigenvalue weighted by Crippen LogP contribution is 2.45. The van der Waals surface area contributed by atoms with Gasteiger partial charge in [-0.25, -0.2) is 13.6 Å². The van der Waals surface area contributed by atoms with E-state index in [2.05, 4.69) is 5.16 Å². The first kappa shape index (κ1) is 21.0. The van der Waals surface area contributed by atoms with Gasteiger partial charge in [0.15, 0.2) is 11.6 Å². The number of methoxy groups -OCH3 is 1. The van der Waals surface area contributed by atoms with Crippen LogP contribution in [0.2, 0.25) is 0 Å². The van der Waals surface area contributed by atoms with Crippen molar-refractivity contribution >= 4 is 28.3 Å². The summed E-state index contributed by atoms with van der Waals surface area (Å²) in [6.45, 7) is 0.833. The average molecular weight is 436 g/mol. The fourth-order valence-corrected chi connectivity index (χ4v) is 4.15. The maximum atomic E-state index is 15.3. The SMILES string of the molecule is CO/N=C1/CN(c2c(F)cc3c(=O)c(C(=O)O)cn([C@@H]4C[C@@H]4F)c3c2OC)CC1CN. The van der Waals surface area contributed by atoms with Crippen LogP contribution in [0, 0.1) is 11.7 Å². The van der Waals surface area contributed by atoms with Crippen LogP contribution in [0.3, 0.4) is 0 Å². The number of carbonyl (C=O) groups is 1. The number of anilines is 1. The Morgan fingerprint density at radius 2 is 2.13 bits per heavy atom. The summed E-state index contributed by atoms with van der Waals surface area (Å²) in [6.07, 6.45) is 0.0713. The molecule has 1 aliphatic carbocycles. The molecule has 3 N–H and O–H groups in total. The third-order valence-electron chi connectivity index (χ3n) is 5.75. The predicted molar refractivity (Wildman–Crippen MR) is 109 cm³/mol. The third kappa shape index (κ3) is 3.38.